The van der Waals surface area contributed by atoms with Gasteiger partial charge in [-0.3, -0.25) is 0 Å². The van der Waals surface area contributed by atoms with Gasteiger partial charge in [0.1, 0.15) is 5.78 Å². The molecule has 0 unspecified atom stereocenters. The molecule has 82 valence electrons. The van der Waals surface area contributed by atoms with Crippen LogP contribution in [-0.2, 0) is 9.53 Å². The number of carbonyl (C=O) groups is 1. The molecule has 14 heavy (non-hydrogen) atoms. The van der Waals surface area contributed by atoms with Crippen molar-refractivity contribution < 1.29 is 9.53 Å². The van der Waals surface area contributed by atoms with Crippen LogP contribution in [0.5, 0.6) is 0 Å². The van der Waals surface area contributed by atoms with Gasteiger partial charge in [0.05, 0.1) is 6.10 Å². The van der Waals surface area contributed by atoms with E-state index in [-0.39, 0.29) is 5.78 Å². The molecule has 0 aromatic heterocycles. The normalized spacial score (nSPS) is 27.6. The molecule has 0 amide bonds. The Morgan fingerprint density at radius 1 is 1.29 bits per heavy atom. The third-order valence-corrected chi connectivity index (χ3v) is 2.99. The van der Waals surface area contributed by atoms with Crippen molar-refractivity contribution in [2.75, 3.05) is 6.61 Å². The van der Waals surface area contributed by atoms with Gasteiger partial charge in [-0.1, -0.05) is 6.92 Å². The van der Waals surface area contributed by atoms with Crippen molar-refractivity contribution >= 4 is 5.78 Å². The lowest BCUT2D eigenvalue weighted by atomic mass is 9.89. The Morgan fingerprint density at radius 3 is 2.50 bits per heavy atom. The van der Waals surface area contributed by atoms with E-state index in [0.717, 1.165) is 18.9 Å². The minimum absolute atomic E-state index is 0.269. The van der Waals surface area contributed by atoms with E-state index >= 15 is 0 Å². The van der Waals surface area contributed by atoms with E-state index < -0.39 is 0 Å². The lowest BCUT2D eigenvalue weighted by molar-refractivity contribution is -0.117. The second-order valence-electron chi connectivity index (χ2n) is 4.56. The van der Waals surface area contributed by atoms with Crippen LogP contribution in [-0.4, -0.2) is 18.5 Å². The lowest BCUT2D eigenvalue weighted by Crippen LogP contribution is -2.20. The lowest BCUT2D eigenvalue weighted by Gasteiger charge is -2.26. The number of hydrogen-bond donors (Lipinski definition) is 0. The first-order valence-electron chi connectivity index (χ1n) is 5.79. The summed E-state index contributed by atoms with van der Waals surface area (Å²) < 4.78 is 5.73. The van der Waals surface area contributed by atoms with Crippen LogP contribution in [0.25, 0.3) is 0 Å². The fourth-order valence-electron chi connectivity index (χ4n) is 1.97. The molecule has 2 heteroatoms. The molecule has 0 saturated heterocycles. The van der Waals surface area contributed by atoms with Crippen LogP contribution in [0.2, 0.25) is 0 Å². The molecule has 1 aliphatic rings. The maximum Gasteiger partial charge on any atom is 0.129 e. The molecule has 1 saturated carbocycles. The Balaban J connectivity index is 1.99. The van der Waals surface area contributed by atoms with E-state index in [2.05, 4.69) is 6.92 Å². The Morgan fingerprint density at radius 2 is 1.93 bits per heavy atom. The third-order valence-electron chi connectivity index (χ3n) is 2.99. The zero-order valence-electron chi connectivity index (χ0n) is 9.42. The van der Waals surface area contributed by atoms with E-state index in [0.29, 0.717) is 12.5 Å². The summed E-state index contributed by atoms with van der Waals surface area (Å²) in [5.41, 5.74) is 0. The minimum atomic E-state index is 0.269. The molecule has 0 N–H and O–H groups in total. The first kappa shape index (κ1) is 11.7. The molecular formula is C12H22O2. The highest BCUT2D eigenvalue weighted by Gasteiger charge is 2.18. The van der Waals surface area contributed by atoms with Crippen molar-refractivity contribution in [3.05, 3.63) is 0 Å². The zero-order chi connectivity index (χ0) is 10.4. The molecule has 0 aliphatic heterocycles. The number of rotatable bonds is 5. The summed E-state index contributed by atoms with van der Waals surface area (Å²) in [6, 6.07) is 0. The molecule has 0 atom stereocenters. The van der Waals surface area contributed by atoms with E-state index in [1.807, 2.05) is 0 Å². The molecule has 1 aliphatic carbocycles. The number of carbonyl (C=O) groups excluding carboxylic acids is 1. The van der Waals surface area contributed by atoms with Gasteiger partial charge >= 0.3 is 0 Å². The molecule has 2 nitrogen and oxygen atoms in total. The van der Waals surface area contributed by atoms with Crippen molar-refractivity contribution in [3.8, 4) is 0 Å². The second-order valence-corrected chi connectivity index (χ2v) is 4.56. The van der Waals surface area contributed by atoms with E-state index in [1.54, 1.807) is 6.92 Å². The summed E-state index contributed by atoms with van der Waals surface area (Å²) in [5.74, 6) is 1.15. The Hall–Kier alpha value is -0.370. The topological polar surface area (TPSA) is 26.3 Å². The second kappa shape index (κ2) is 6.18. The van der Waals surface area contributed by atoms with E-state index in [4.69, 9.17) is 4.74 Å². The predicted octanol–water partition coefficient (Wildman–Crippen LogP) is 2.95. The Kier molecular flexibility index (Phi) is 5.16. The number of ether oxygens (including phenoxy) is 1. The highest BCUT2D eigenvalue weighted by molar-refractivity contribution is 5.75. The van der Waals surface area contributed by atoms with Crippen LogP contribution in [0.1, 0.15) is 52.4 Å². The standard InChI is InChI=1S/C12H22O2/c1-10-5-7-12(8-6-10)14-9-3-4-11(2)13/h10,12H,3-9H2,1-2H3. The largest absolute Gasteiger partial charge is 0.378 e. The maximum atomic E-state index is 10.7. The molecule has 1 fully saturated rings. The summed E-state index contributed by atoms with van der Waals surface area (Å²) in [7, 11) is 0. The summed E-state index contributed by atoms with van der Waals surface area (Å²) in [4.78, 5) is 10.7. The number of Topliss-reactive ketones (excluding diaryl/α,β-unsaturated/α-hetero) is 1. The fraction of sp³-hybridized carbons (Fsp3) is 0.917. The Labute approximate surface area is 87.0 Å². The first-order chi connectivity index (χ1) is 6.68. The molecule has 0 aromatic carbocycles. The van der Waals surface area contributed by atoms with Crippen LogP contribution in [0.4, 0.5) is 0 Å². The van der Waals surface area contributed by atoms with E-state index in [1.165, 1.54) is 25.7 Å². The first-order valence-corrected chi connectivity index (χ1v) is 5.79. The van der Waals surface area contributed by atoms with Crippen LogP contribution in [0.15, 0.2) is 0 Å². The molecule has 0 bridgehead atoms. The quantitative estimate of drug-likeness (QED) is 0.635. The van der Waals surface area contributed by atoms with Crippen LogP contribution in [0.3, 0.4) is 0 Å². The van der Waals surface area contributed by atoms with Crippen molar-refractivity contribution in [1.29, 1.82) is 0 Å². The number of hydrogen-bond acceptors (Lipinski definition) is 2. The highest BCUT2D eigenvalue weighted by Crippen LogP contribution is 2.25. The number of ketones is 1. The SMILES string of the molecule is CC(=O)CCCOC1CCC(C)CC1. The molecule has 0 radical (unpaired) electrons. The van der Waals surface area contributed by atoms with Gasteiger partial charge in [0, 0.05) is 13.0 Å². The van der Waals surface area contributed by atoms with Crippen LogP contribution in [0, 0.1) is 5.92 Å². The highest BCUT2D eigenvalue weighted by atomic mass is 16.5. The minimum Gasteiger partial charge on any atom is -0.378 e. The third kappa shape index (κ3) is 4.75. The van der Waals surface area contributed by atoms with Crippen molar-refractivity contribution in [2.45, 2.75) is 58.5 Å². The van der Waals surface area contributed by atoms with Gasteiger partial charge in [0.25, 0.3) is 0 Å². The predicted molar refractivity (Wildman–Crippen MR) is 57.3 cm³/mol. The van der Waals surface area contributed by atoms with Gasteiger partial charge in [0.2, 0.25) is 0 Å². The molecule has 0 aromatic rings. The van der Waals surface area contributed by atoms with Gasteiger partial charge in [-0.2, -0.15) is 0 Å². The van der Waals surface area contributed by atoms with Gasteiger partial charge in [-0.25, -0.2) is 0 Å². The van der Waals surface area contributed by atoms with Gasteiger partial charge in [-0.05, 0) is 44.9 Å². The van der Waals surface area contributed by atoms with E-state index in [9.17, 15) is 4.79 Å². The molecule has 0 heterocycles. The summed E-state index contributed by atoms with van der Waals surface area (Å²) >= 11 is 0. The molecule has 1 rings (SSSR count). The molecular weight excluding hydrogens is 176 g/mol. The summed E-state index contributed by atoms with van der Waals surface area (Å²) in [6.45, 7) is 4.72. The van der Waals surface area contributed by atoms with Gasteiger partial charge < -0.3 is 9.53 Å². The monoisotopic (exact) mass is 198 g/mol. The summed E-state index contributed by atoms with van der Waals surface area (Å²) in [6.07, 6.45) is 7.06. The average molecular weight is 198 g/mol. The van der Waals surface area contributed by atoms with Gasteiger partial charge in [-0.15, -0.1) is 0 Å². The fourth-order valence-corrected chi connectivity index (χ4v) is 1.97. The average Bonchev–Trinajstić information content (AvgIpc) is 2.15. The van der Waals surface area contributed by atoms with Crippen LogP contribution >= 0.6 is 0 Å². The van der Waals surface area contributed by atoms with Crippen LogP contribution < -0.4 is 0 Å². The van der Waals surface area contributed by atoms with Crippen molar-refractivity contribution in [2.24, 2.45) is 5.92 Å². The zero-order valence-corrected chi connectivity index (χ0v) is 9.42. The maximum absolute atomic E-state index is 10.7. The van der Waals surface area contributed by atoms with Crippen molar-refractivity contribution in [1.82, 2.24) is 0 Å². The smallest absolute Gasteiger partial charge is 0.129 e. The van der Waals surface area contributed by atoms with Crippen molar-refractivity contribution in [3.63, 3.8) is 0 Å². The summed E-state index contributed by atoms with van der Waals surface area (Å²) in [5, 5.41) is 0. The van der Waals surface area contributed by atoms with Gasteiger partial charge in [0.15, 0.2) is 0 Å². The Bertz CT molecular complexity index is 169. The molecule has 0 spiro atoms.